The van der Waals surface area contributed by atoms with Crippen molar-refractivity contribution in [1.29, 1.82) is 0 Å². The summed E-state index contributed by atoms with van der Waals surface area (Å²) in [7, 11) is 1.81. The highest BCUT2D eigenvalue weighted by molar-refractivity contribution is 5.31. The summed E-state index contributed by atoms with van der Waals surface area (Å²) in [6, 6.07) is 0.445. The highest BCUT2D eigenvalue weighted by Crippen LogP contribution is 2.60. The van der Waals surface area contributed by atoms with Gasteiger partial charge in [-0.1, -0.05) is 13.0 Å². The van der Waals surface area contributed by atoms with Crippen LogP contribution in [0.15, 0.2) is 23.5 Å². The molecule has 0 aliphatic heterocycles. The van der Waals surface area contributed by atoms with Crippen molar-refractivity contribution in [3.63, 3.8) is 0 Å². The molecule has 0 aromatic heterocycles. The monoisotopic (exact) mass is 287 g/mol. The fourth-order valence-corrected chi connectivity index (χ4v) is 6.13. The van der Waals surface area contributed by atoms with Gasteiger partial charge in [-0.3, -0.25) is 0 Å². The lowest BCUT2D eigenvalue weighted by atomic mass is 9.53. The molecular formula is C19H29NO. The molecule has 6 atom stereocenters. The molecule has 0 spiro atoms. The topological polar surface area (TPSA) is 35.2 Å². The van der Waals surface area contributed by atoms with E-state index in [0.717, 1.165) is 30.1 Å². The van der Waals surface area contributed by atoms with Crippen molar-refractivity contribution in [3.8, 4) is 0 Å². The summed E-state index contributed by atoms with van der Waals surface area (Å²) in [6.45, 7) is 2.48. The zero-order chi connectivity index (χ0) is 14.6. The van der Waals surface area contributed by atoms with E-state index in [4.69, 9.17) is 10.5 Å². The van der Waals surface area contributed by atoms with E-state index in [9.17, 15) is 0 Å². The zero-order valence-electron chi connectivity index (χ0n) is 13.5. The summed E-state index contributed by atoms with van der Waals surface area (Å²) in [5, 5.41) is 0. The van der Waals surface area contributed by atoms with Gasteiger partial charge in [0, 0.05) is 12.5 Å². The average molecular weight is 287 g/mol. The third-order valence-electron chi connectivity index (χ3n) is 7.43. The number of ether oxygens (including phenoxy) is 1. The summed E-state index contributed by atoms with van der Waals surface area (Å²) >= 11 is 0. The Kier molecular flexibility index (Phi) is 3.22. The molecule has 116 valence electrons. The fraction of sp³-hybridized carbons (Fsp3) is 0.789. The van der Waals surface area contributed by atoms with Crippen LogP contribution in [0, 0.1) is 29.1 Å². The average Bonchev–Trinajstić information content (AvgIpc) is 2.82. The molecule has 2 heteroatoms. The molecule has 0 saturated heterocycles. The van der Waals surface area contributed by atoms with Gasteiger partial charge in [0.05, 0.1) is 12.9 Å². The lowest BCUT2D eigenvalue weighted by molar-refractivity contribution is 0.00576. The van der Waals surface area contributed by atoms with Crippen LogP contribution in [-0.4, -0.2) is 13.2 Å². The van der Waals surface area contributed by atoms with Gasteiger partial charge >= 0.3 is 0 Å². The van der Waals surface area contributed by atoms with Crippen molar-refractivity contribution in [1.82, 2.24) is 0 Å². The molecule has 5 unspecified atom stereocenters. The normalized spacial score (nSPS) is 48.6. The lowest BCUT2D eigenvalue weighted by Crippen LogP contribution is -2.48. The van der Waals surface area contributed by atoms with E-state index in [2.05, 4.69) is 19.1 Å². The van der Waals surface area contributed by atoms with E-state index < -0.39 is 0 Å². The van der Waals surface area contributed by atoms with Gasteiger partial charge in [0.15, 0.2) is 0 Å². The molecule has 0 bridgehead atoms. The van der Waals surface area contributed by atoms with Crippen LogP contribution in [0.2, 0.25) is 0 Å². The van der Waals surface area contributed by atoms with E-state index in [1.807, 2.05) is 7.11 Å². The molecule has 0 radical (unpaired) electrons. The summed E-state index contributed by atoms with van der Waals surface area (Å²) in [4.78, 5) is 0. The molecule has 2 N–H and O–H groups in total. The minimum absolute atomic E-state index is 0.425. The quantitative estimate of drug-likeness (QED) is 0.790. The molecule has 0 heterocycles. The molecule has 0 aromatic rings. The lowest BCUT2D eigenvalue weighted by Gasteiger charge is -2.52. The van der Waals surface area contributed by atoms with E-state index in [-0.39, 0.29) is 0 Å². The molecule has 2 nitrogen and oxygen atoms in total. The van der Waals surface area contributed by atoms with Crippen molar-refractivity contribution in [3.05, 3.63) is 23.5 Å². The Morgan fingerprint density at radius 1 is 1.19 bits per heavy atom. The van der Waals surface area contributed by atoms with Gasteiger partial charge in [-0.15, -0.1) is 0 Å². The summed E-state index contributed by atoms with van der Waals surface area (Å²) in [6.07, 6.45) is 13.9. The Hall–Kier alpha value is -0.760. The molecule has 21 heavy (non-hydrogen) atoms. The van der Waals surface area contributed by atoms with Crippen LogP contribution in [0.1, 0.15) is 51.9 Å². The fourth-order valence-electron chi connectivity index (χ4n) is 6.13. The first-order chi connectivity index (χ1) is 10.1. The molecule has 4 aliphatic rings. The summed E-state index contributed by atoms with van der Waals surface area (Å²) in [5.41, 5.74) is 8.47. The predicted octanol–water partition coefficient (Wildman–Crippen LogP) is 4.03. The Morgan fingerprint density at radius 3 is 2.86 bits per heavy atom. The number of allylic oxidation sites excluding steroid dienone is 4. The van der Waals surface area contributed by atoms with E-state index >= 15 is 0 Å². The SMILES string of the molecule is COC1=CC2=CCC3C(CC[C@]4(C)C(N)CCC34)C2CC1. The predicted molar refractivity (Wildman–Crippen MR) is 85.5 cm³/mol. The molecule has 4 rings (SSSR count). The number of hydrogen-bond acceptors (Lipinski definition) is 2. The first-order valence-electron chi connectivity index (χ1n) is 8.83. The standard InChI is InChI=1S/C19H29NO/c1-19-10-9-15-14-6-4-13(21-2)11-12(14)3-5-16(15)17(19)7-8-18(19)20/h3,11,14-18H,4-10,20H2,1-2H3/t14?,15?,16?,17?,18?,19-/m0/s1. The van der Waals surface area contributed by atoms with Crippen LogP contribution in [0.3, 0.4) is 0 Å². The number of fused-ring (bicyclic) bond motifs is 5. The van der Waals surface area contributed by atoms with Crippen LogP contribution in [0.25, 0.3) is 0 Å². The highest BCUT2D eigenvalue weighted by atomic mass is 16.5. The Labute approximate surface area is 128 Å². The van der Waals surface area contributed by atoms with Gasteiger partial charge in [0.1, 0.15) is 0 Å². The van der Waals surface area contributed by atoms with Crippen LogP contribution in [-0.2, 0) is 4.74 Å². The number of methoxy groups -OCH3 is 1. The first kappa shape index (κ1) is 13.9. The molecular weight excluding hydrogens is 258 g/mol. The molecule has 2 saturated carbocycles. The Balaban J connectivity index is 1.63. The maximum absolute atomic E-state index is 6.47. The van der Waals surface area contributed by atoms with Gasteiger partial charge in [-0.05, 0) is 79.3 Å². The zero-order valence-corrected chi connectivity index (χ0v) is 13.5. The van der Waals surface area contributed by atoms with Gasteiger partial charge < -0.3 is 10.5 Å². The third-order valence-corrected chi connectivity index (χ3v) is 7.43. The molecule has 4 aliphatic carbocycles. The molecule has 2 fully saturated rings. The highest BCUT2D eigenvalue weighted by Gasteiger charge is 2.54. The van der Waals surface area contributed by atoms with Gasteiger partial charge in [0.2, 0.25) is 0 Å². The number of rotatable bonds is 1. The maximum Gasteiger partial charge on any atom is 0.0958 e. The van der Waals surface area contributed by atoms with E-state index in [0.29, 0.717) is 11.5 Å². The number of hydrogen-bond donors (Lipinski definition) is 1. The van der Waals surface area contributed by atoms with E-state index in [1.54, 1.807) is 5.57 Å². The largest absolute Gasteiger partial charge is 0.501 e. The van der Waals surface area contributed by atoms with E-state index in [1.165, 1.54) is 44.3 Å². The third kappa shape index (κ3) is 1.94. The minimum Gasteiger partial charge on any atom is -0.501 e. The maximum atomic E-state index is 6.47. The van der Waals surface area contributed by atoms with Gasteiger partial charge in [-0.2, -0.15) is 0 Å². The van der Waals surface area contributed by atoms with Crippen LogP contribution in [0.4, 0.5) is 0 Å². The van der Waals surface area contributed by atoms with Gasteiger partial charge in [0.25, 0.3) is 0 Å². The first-order valence-corrected chi connectivity index (χ1v) is 8.83. The Morgan fingerprint density at radius 2 is 2.05 bits per heavy atom. The van der Waals surface area contributed by atoms with Gasteiger partial charge in [-0.25, -0.2) is 0 Å². The van der Waals surface area contributed by atoms with Crippen molar-refractivity contribution >= 4 is 0 Å². The second-order valence-corrected chi connectivity index (χ2v) is 8.06. The molecule has 0 aromatic carbocycles. The minimum atomic E-state index is 0.425. The second kappa shape index (κ2) is 4.87. The van der Waals surface area contributed by atoms with Crippen LogP contribution >= 0.6 is 0 Å². The molecule has 0 amide bonds. The van der Waals surface area contributed by atoms with Crippen LogP contribution in [0.5, 0.6) is 0 Å². The number of nitrogens with two attached hydrogens (primary N) is 1. The smallest absolute Gasteiger partial charge is 0.0958 e. The van der Waals surface area contributed by atoms with Crippen molar-refractivity contribution < 1.29 is 4.74 Å². The van der Waals surface area contributed by atoms with Crippen molar-refractivity contribution in [2.45, 2.75) is 57.9 Å². The Bertz CT molecular complexity index is 494. The second-order valence-electron chi connectivity index (χ2n) is 8.06. The van der Waals surface area contributed by atoms with Crippen molar-refractivity contribution in [2.24, 2.45) is 34.8 Å². The summed E-state index contributed by atoms with van der Waals surface area (Å²) in [5.74, 6) is 4.65. The summed E-state index contributed by atoms with van der Waals surface area (Å²) < 4.78 is 5.48. The van der Waals surface area contributed by atoms with Crippen molar-refractivity contribution in [2.75, 3.05) is 7.11 Å². The van der Waals surface area contributed by atoms with Crippen LogP contribution < -0.4 is 5.73 Å².